The number of rotatable bonds is 64. The summed E-state index contributed by atoms with van der Waals surface area (Å²) in [5.74, 6) is -0.626. The van der Waals surface area contributed by atoms with Crippen molar-refractivity contribution in [2.24, 2.45) is 11.8 Å². The van der Waals surface area contributed by atoms with Crippen molar-refractivity contribution in [2.45, 2.75) is 342 Å². The molecule has 0 rings (SSSR count). The number of esters is 4. The molecule has 5 atom stereocenters. The molecule has 0 aliphatic heterocycles. The van der Waals surface area contributed by atoms with Gasteiger partial charge in [-0.05, 0) is 37.5 Å². The van der Waals surface area contributed by atoms with Gasteiger partial charge in [-0.2, -0.15) is 0 Å². The van der Waals surface area contributed by atoms with Crippen LogP contribution in [-0.4, -0.2) is 96.7 Å². The Kier molecular flexibility index (Phi) is 56.2. The summed E-state index contributed by atoms with van der Waals surface area (Å²) in [5, 5.41) is 10.5. The maximum Gasteiger partial charge on any atom is 0.472 e. The van der Waals surface area contributed by atoms with E-state index < -0.39 is 97.5 Å². The summed E-state index contributed by atoms with van der Waals surface area (Å²) in [6.45, 7) is 9.41. The van der Waals surface area contributed by atoms with E-state index in [2.05, 4.69) is 41.5 Å². The van der Waals surface area contributed by atoms with Crippen LogP contribution >= 0.6 is 15.6 Å². The molecule has 0 aromatic heterocycles. The Morgan fingerprint density at radius 3 is 0.810 bits per heavy atom. The van der Waals surface area contributed by atoms with Crippen molar-refractivity contribution in [3.63, 3.8) is 0 Å². The molecule has 0 saturated heterocycles. The van der Waals surface area contributed by atoms with Crippen LogP contribution in [0.25, 0.3) is 0 Å². The second-order valence-corrected chi connectivity index (χ2v) is 27.4. The van der Waals surface area contributed by atoms with Crippen LogP contribution in [0.4, 0.5) is 0 Å². The lowest BCUT2D eigenvalue weighted by molar-refractivity contribution is -0.161. The summed E-state index contributed by atoms with van der Waals surface area (Å²) in [5.41, 5.74) is 0. The first kappa shape index (κ1) is 82.1. The highest BCUT2D eigenvalue weighted by Crippen LogP contribution is 2.45. The van der Waals surface area contributed by atoms with Gasteiger partial charge in [0.15, 0.2) is 12.2 Å². The first-order valence-electron chi connectivity index (χ1n) is 34.0. The van der Waals surface area contributed by atoms with Gasteiger partial charge >= 0.3 is 39.5 Å². The fraction of sp³-hybridized carbons (Fsp3) is 0.938. The molecule has 84 heavy (non-hydrogen) atoms. The second kappa shape index (κ2) is 57.5. The summed E-state index contributed by atoms with van der Waals surface area (Å²) >= 11 is 0. The van der Waals surface area contributed by atoms with Gasteiger partial charge < -0.3 is 33.8 Å². The lowest BCUT2D eigenvalue weighted by Crippen LogP contribution is -2.30. The van der Waals surface area contributed by atoms with Gasteiger partial charge in [-0.25, -0.2) is 9.13 Å². The molecule has 2 unspecified atom stereocenters. The monoisotopic (exact) mass is 1240 g/mol. The minimum absolute atomic E-state index is 0.104. The first-order valence-corrected chi connectivity index (χ1v) is 37.0. The normalized spacial score (nSPS) is 14.3. The zero-order valence-electron chi connectivity index (χ0n) is 54.2. The van der Waals surface area contributed by atoms with Gasteiger partial charge in [0.25, 0.3) is 0 Å². The maximum absolute atomic E-state index is 13.0. The van der Waals surface area contributed by atoms with Crippen LogP contribution in [0.3, 0.4) is 0 Å². The van der Waals surface area contributed by atoms with Gasteiger partial charge in [-0.15, -0.1) is 0 Å². The molecule has 3 N–H and O–H groups in total. The molecular weight excluding hydrogens is 1110 g/mol. The molecular formula is C65H126O17P2. The molecule has 498 valence electrons. The highest BCUT2D eigenvalue weighted by atomic mass is 31.2. The number of hydrogen-bond acceptors (Lipinski definition) is 15. The minimum atomic E-state index is -4.94. The Morgan fingerprint density at radius 2 is 0.548 bits per heavy atom. The van der Waals surface area contributed by atoms with Crippen molar-refractivity contribution in [3.05, 3.63) is 0 Å². The SMILES string of the molecule is CCCCCCCCCCC(=O)O[C@H](COC(=O)CCCCCCCCC)COP(=O)(O)OC[C@H](O)COP(=O)(O)OC[C@@H](COC(=O)CCCCCCCCCC(C)C)OC(=O)CCCCCCCCCCCCCCCCCCC(C)C. The summed E-state index contributed by atoms with van der Waals surface area (Å²) in [4.78, 5) is 72.0. The van der Waals surface area contributed by atoms with Crippen LogP contribution in [0.1, 0.15) is 324 Å². The molecule has 0 radical (unpaired) electrons. The number of hydrogen-bond donors (Lipinski definition) is 3. The van der Waals surface area contributed by atoms with Crippen molar-refractivity contribution < 1.29 is 80.2 Å². The summed E-state index contributed by atoms with van der Waals surface area (Å²) < 4.78 is 67.8. The number of ether oxygens (including phenoxy) is 4. The van der Waals surface area contributed by atoms with Crippen LogP contribution in [-0.2, 0) is 65.4 Å². The van der Waals surface area contributed by atoms with Crippen molar-refractivity contribution in [2.75, 3.05) is 39.6 Å². The fourth-order valence-electron chi connectivity index (χ4n) is 9.71. The van der Waals surface area contributed by atoms with Gasteiger partial charge in [-0.3, -0.25) is 37.3 Å². The quantitative estimate of drug-likeness (QED) is 0.0222. The Morgan fingerprint density at radius 1 is 0.321 bits per heavy atom. The van der Waals surface area contributed by atoms with Crippen molar-refractivity contribution in [1.29, 1.82) is 0 Å². The minimum Gasteiger partial charge on any atom is -0.462 e. The Bertz CT molecular complexity index is 1650. The predicted octanol–water partition coefficient (Wildman–Crippen LogP) is 18.0. The predicted molar refractivity (Wildman–Crippen MR) is 335 cm³/mol. The van der Waals surface area contributed by atoms with E-state index in [1.54, 1.807) is 0 Å². The topological polar surface area (TPSA) is 237 Å². The molecule has 17 nitrogen and oxygen atoms in total. The van der Waals surface area contributed by atoms with Crippen LogP contribution in [0.15, 0.2) is 0 Å². The van der Waals surface area contributed by atoms with Crippen LogP contribution in [0.2, 0.25) is 0 Å². The molecule has 0 heterocycles. The lowest BCUT2D eigenvalue weighted by Gasteiger charge is -2.21. The van der Waals surface area contributed by atoms with E-state index in [1.165, 1.54) is 116 Å². The third-order valence-electron chi connectivity index (χ3n) is 15.0. The zero-order valence-corrected chi connectivity index (χ0v) is 56.0. The molecule has 0 aliphatic carbocycles. The molecule has 0 fully saturated rings. The first-order chi connectivity index (χ1) is 40.4. The Hall–Kier alpha value is -1.94. The van der Waals surface area contributed by atoms with Crippen molar-refractivity contribution in [1.82, 2.24) is 0 Å². The third kappa shape index (κ3) is 59.0. The van der Waals surface area contributed by atoms with Gasteiger partial charge in [-0.1, -0.05) is 273 Å². The number of phosphoric acid groups is 2. The zero-order chi connectivity index (χ0) is 62.2. The second-order valence-electron chi connectivity index (χ2n) is 24.5. The van der Waals surface area contributed by atoms with E-state index in [0.717, 1.165) is 121 Å². The standard InChI is InChI=1S/C65H126O17P2/c1-7-9-11-13-15-30-37-43-49-64(69)81-60(53-75-62(67)47-41-35-27-14-12-10-8-2)55-79-83(71,72)77-51-59(66)52-78-84(73,74)80-56-61(54-76-63(68)48-42-36-32-26-29-34-40-46-58(5)6)82-65(70)50-44-38-31-25-23-21-19-17-16-18-20-22-24-28-33-39-45-57(3)4/h57-61,66H,7-56H2,1-6H3,(H,71,72)(H,73,74)/t59-,60+,61+/m0/s1. The van der Waals surface area contributed by atoms with Crippen LogP contribution in [0.5, 0.6) is 0 Å². The number of phosphoric ester groups is 2. The van der Waals surface area contributed by atoms with Crippen LogP contribution < -0.4 is 0 Å². The average Bonchev–Trinajstić information content (AvgIpc) is 3.49. The molecule has 19 heteroatoms. The van der Waals surface area contributed by atoms with E-state index in [4.69, 9.17) is 37.0 Å². The number of carbonyl (C=O) groups excluding carboxylic acids is 4. The highest BCUT2D eigenvalue weighted by Gasteiger charge is 2.30. The number of carbonyl (C=O) groups is 4. The van der Waals surface area contributed by atoms with Crippen molar-refractivity contribution in [3.8, 4) is 0 Å². The molecule has 0 saturated carbocycles. The summed E-state index contributed by atoms with van der Waals surface area (Å²) in [6.07, 6.45) is 40.7. The van der Waals surface area contributed by atoms with Gasteiger partial charge in [0.2, 0.25) is 0 Å². The number of aliphatic hydroxyl groups excluding tert-OH is 1. The van der Waals surface area contributed by atoms with E-state index in [1.807, 2.05) is 0 Å². The van der Waals surface area contributed by atoms with Crippen LogP contribution in [0, 0.1) is 11.8 Å². The molecule has 0 spiro atoms. The summed E-state index contributed by atoms with van der Waals surface area (Å²) in [7, 11) is -9.88. The van der Waals surface area contributed by atoms with Crippen molar-refractivity contribution >= 4 is 39.5 Å². The smallest absolute Gasteiger partial charge is 0.462 e. The van der Waals surface area contributed by atoms with Gasteiger partial charge in [0, 0.05) is 25.7 Å². The van der Waals surface area contributed by atoms with E-state index >= 15 is 0 Å². The number of aliphatic hydroxyl groups is 1. The lowest BCUT2D eigenvalue weighted by atomic mass is 10.0. The maximum atomic E-state index is 13.0. The van der Waals surface area contributed by atoms with Gasteiger partial charge in [0.05, 0.1) is 26.4 Å². The van der Waals surface area contributed by atoms with Gasteiger partial charge in [0.1, 0.15) is 19.3 Å². The third-order valence-corrected chi connectivity index (χ3v) is 16.9. The average molecular weight is 1240 g/mol. The molecule has 0 aromatic carbocycles. The Balaban J connectivity index is 5.13. The largest absolute Gasteiger partial charge is 0.472 e. The molecule has 0 amide bonds. The molecule has 0 bridgehead atoms. The highest BCUT2D eigenvalue weighted by molar-refractivity contribution is 7.47. The van der Waals surface area contributed by atoms with E-state index in [0.29, 0.717) is 31.6 Å². The fourth-order valence-corrected chi connectivity index (χ4v) is 11.3. The molecule has 0 aromatic rings. The summed E-state index contributed by atoms with van der Waals surface area (Å²) in [6, 6.07) is 0. The van der Waals surface area contributed by atoms with E-state index in [-0.39, 0.29) is 25.7 Å². The Labute approximate surface area is 511 Å². The molecule has 0 aliphatic rings. The van der Waals surface area contributed by atoms with E-state index in [9.17, 15) is 43.2 Å². The number of unbranched alkanes of at least 4 members (excludes halogenated alkanes) is 34.